The van der Waals surface area contributed by atoms with Crippen molar-refractivity contribution < 1.29 is 9.47 Å². The maximum absolute atomic E-state index is 5.69. The van der Waals surface area contributed by atoms with E-state index in [1.165, 1.54) is 30.4 Å². The van der Waals surface area contributed by atoms with Crippen LogP contribution in [0.1, 0.15) is 44.2 Å². The third-order valence-electron chi connectivity index (χ3n) is 5.30. The number of anilines is 1. The van der Waals surface area contributed by atoms with Crippen LogP contribution in [0.4, 0.5) is 5.82 Å². The summed E-state index contributed by atoms with van der Waals surface area (Å²) in [5.74, 6) is 3.10. The van der Waals surface area contributed by atoms with Gasteiger partial charge in [-0.05, 0) is 50.0 Å². The van der Waals surface area contributed by atoms with Crippen LogP contribution in [0.15, 0.2) is 53.6 Å². The molecule has 2 saturated heterocycles. The van der Waals surface area contributed by atoms with Gasteiger partial charge in [0.05, 0.1) is 6.42 Å². The fourth-order valence-corrected chi connectivity index (χ4v) is 3.65. The van der Waals surface area contributed by atoms with E-state index in [-0.39, 0.29) is 6.04 Å². The summed E-state index contributed by atoms with van der Waals surface area (Å²) < 4.78 is 11.2. The Morgan fingerprint density at radius 3 is 3.00 bits per heavy atom. The third kappa shape index (κ3) is 3.93. The van der Waals surface area contributed by atoms with Crippen molar-refractivity contribution in [3.63, 3.8) is 0 Å². The molecule has 2 aliphatic heterocycles. The summed E-state index contributed by atoms with van der Waals surface area (Å²) in [5.41, 5.74) is 2.46. The van der Waals surface area contributed by atoms with Crippen molar-refractivity contribution in [2.45, 2.75) is 38.6 Å². The number of pyridine rings is 1. The van der Waals surface area contributed by atoms with Crippen molar-refractivity contribution in [2.75, 3.05) is 31.3 Å². The zero-order valence-electron chi connectivity index (χ0n) is 15.4. The van der Waals surface area contributed by atoms with Crippen LogP contribution >= 0.6 is 0 Å². The first kappa shape index (κ1) is 17.2. The molecule has 2 bridgehead atoms. The zero-order chi connectivity index (χ0) is 17.8. The van der Waals surface area contributed by atoms with Crippen LogP contribution in [0.2, 0.25) is 0 Å². The highest BCUT2D eigenvalue weighted by molar-refractivity contribution is 5.42. The second-order valence-corrected chi connectivity index (χ2v) is 7.12. The number of allylic oxidation sites excluding steroid dienone is 2. The highest BCUT2D eigenvalue weighted by atomic mass is 16.7. The summed E-state index contributed by atoms with van der Waals surface area (Å²) >= 11 is 0. The molecule has 26 heavy (non-hydrogen) atoms. The standard InChI is InChI=1S/C21H27N3O2/c1-16(17-8-9-22-21(12-17)24-10-3-2-4-11-24)23-14-18-6-5-7-19-13-20(18)26-15-25-19/h5-9,12,16,23H,2-4,10-11,13-15H2,1H3. The number of hydrogen-bond donors (Lipinski definition) is 1. The smallest absolute Gasteiger partial charge is 0.229 e. The van der Waals surface area contributed by atoms with Crippen molar-refractivity contribution in [2.24, 2.45) is 0 Å². The largest absolute Gasteiger partial charge is 0.461 e. The number of piperidine rings is 1. The van der Waals surface area contributed by atoms with Gasteiger partial charge in [0.2, 0.25) is 6.79 Å². The first-order valence-electron chi connectivity index (χ1n) is 9.59. The second-order valence-electron chi connectivity index (χ2n) is 7.12. The Morgan fingerprint density at radius 1 is 1.23 bits per heavy atom. The number of hydrogen-bond acceptors (Lipinski definition) is 5. The van der Waals surface area contributed by atoms with E-state index in [4.69, 9.17) is 9.47 Å². The van der Waals surface area contributed by atoms with E-state index in [9.17, 15) is 0 Å². The Balaban J connectivity index is 1.41. The molecule has 1 aromatic heterocycles. The Bertz CT molecular complexity index is 733. The molecule has 0 radical (unpaired) electrons. The van der Waals surface area contributed by atoms with Crippen LogP contribution in [-0.2, 0) is 9.47 Å². The molecule has 5 nitrogen and oxygen atoms in total. The summed E-state index contributed by atoms with van der Waals surface area (Å²) in [7, 11) is 0. The van der Waals surface area contributed by atoms with E-state index >= 15 is 0 Å². The van der Waals surface area contributed by atoms with E-state index in [0.717, 1.165) is 43.4 Å². The van der Waals surface area contributed by atoms with Crippen molar-refractivity contribution in [1.29, 1.82) is 0 Å². The molecule has 0 aromatic carbocycles. The molecule has 0 spiro atoms. The third-order valence-corrected chi connectivity index (χ3v) is 5.30. The molecule has 0 saturated carbocycles. The fourth-order valence-electron chi connectivity index (χ4n) is 3.65. The molecule has 1 unspecified atom stereocenters. The number of fused-ring (bicyclic) bond motifs is 2. The van der Waals surface area contributed by atoms with Crippen LogP contribution in [0, 0.1) is 0 Å². The van der Waals surface area contributed by atoms with E-state index in [1.54, 1.807) is 0 Å². The lowest BCUT2D eigenvalue weighted by Gasteiger charge is -2.28. The first-order chi connectivity index (χ1) is 12.8. The number of nitrogens with zero attached hydrogens (tertiary/aromatic N) is 2. The summed E-state index contributed by atoms with van der Waals surface area (Å²) in [4.78, 5) is 6.99. The quantitative estimate of drug-likeness (QED) is 0.872. The van der Waals surface area contributed by atoms with Gasteiger partial charge in [-0.1, -0.05) is 12.2 Å². The van der Waals surface area contributed by atoms with Gasteiger partial charge in [0.1, 0.15) is 17.3 Å². The second kappa shape index (κ2) is 7.96. The maximum Gasteiger partial charge on any atom is 0.229 e. The minimum atomic E-state index is 0.249. The number of rotatable bonds is 5. The average Bonchev–Trinajstić information content (AvgIpc) is 2.84. The Hall–Kier alpha value is -2.27. The monoisotopic (exact) mass is 353 g/mol. The molecule has 2 fully saturated rings. The predicted octanol–water partition coefficient (Wildman–Crippen LogP) is 3.82. The lowest BCUT2D eigenvalue weighted by atomic mass is 10.1. The van der Waals surface area contributed by atoms with Crippen LogP contribution in [-0.4, -0.2) is 31.4 Å². The Morgan fingerprint density at radius 2 is 2.12 bits per heavy atom. The van der Waals surface area contributed by atoms with Crippen molar-refractivity contribution >= 4 is 5.82 Å². The highest BCUT2D eigenvalue weighted by Crippen LogP contribution is 2.27. The molecule has 4 rings (SSSR count). The summed E-state index contributed by atoms with van der Waals surface area (Å²) in [5, 5.41) is 3.63. The van der Waals surface area contributed by atoms with Gasteiger partial charge in [0, 0.05) is 37.4 Å². The van der Waals surface area contributed by atoms with Crippen molar-refractivity contribution in [3.05, 3.63) is 59.2 Å². The highest BCUT2D eigenvalue weighted by Gasteiger charge is 2.18. The van der Waals surface area contributed by atoms with E-state index < -0.39 is 0 Å². The summed E-state index contributed by atoms with van der Waals surface area (Å²) in [6, 6.07) is 4.59. The molecule has 3 aliphatic rings. The van der Waals surface area contributed by atoms with Crippen molar-refractivity contribution in [3.8, 4) is 0 Å². The molecule has 1 N–H and O–H groups in total. The first-order valence-corrected chi connectivity index (χ1v) is 9.59. The molecular weight excluding hydrogens is 326 g/mol. The minimum absolute atomic E-state index is 0.249. The summed E-state index contributed by atoms with van der Waals surface area (Å²) in [6.45, 7) is 5.53. The topological polar surface area (TPSA) is 46.6 Å². The van der Waals surface area contributed by atoms with Gasteiger partial charge < -0.3 is 19.7 Å². The summed E-state index contributed by atoms with van der Waals surface area (Å²) in [6.07, 6.45) is 12.7. The number of ether oxygens (including phenoxy) is 2. The van der Waals surface area contributed by atoms with Crippen LogP contribution in [0.3, 0.4) is 0 Å². The molecular formula is C21H27N3O2. The SMILES string of the molecule is CC(NCC1=C2CC(=CC=C1)OCO2)c1ccnc(N2CCCCC2)c1. The maximum atomic E-state index is 5.69. The Kier molecular flexibility index (Phi) is 5.25. The predicted molar refractivity (Wildman–Crippen MR) is 103 cm³/mol. The fraction of sp³-hybridized carbons (Fsp3) is 0.476. The van der Waals surface area contributed by atoms with Gasteiger partial charge in [0.15, 0.2) is 0 Å². The average molecular weight is 353 g/mol. The van der Waals surface area contributed by atoms with Gasteiger partial charge in [-0.3, -0.25) is 0 Å². The van der Waals surface area contributed by atoms with Gasteiger partial charge in [-0.15, -0.1) is 0 Å². The van der Waals surface area contributed by atoms with Gasteiger partial charge in [-0.25, -0.2) is 4.98 Å². The normalized spacial score (nSPS) is 20.8. The molecule has 5 heteroatoms. The molecule has 138 valence electrons. The Labute approximate surface area is 155 Å². The van der Waals surface area contributed by atoms with Crippen LogP contribution in [0.5, 0.6) is 0 Å². The molecule has 1 aliphatic carbocycles. The lowest BCUT2D eigenvalue weighted by molar-refractivity contribution is -0.0220. The van der Waals surface area contributed by atoms with E-state index in [2.05, 4.69) is 40.3 Å². The molecule has 1 atom stereocenters. The van der Waals surface area contributed by atoms with E-state index in [0.29, 0.717) is 6.79 Å². The number of aromatic nitrogens is 1. The van der Waals surface area contributed by atoms with E-state index in [1.807, 2.05) is 18.3 Å². The lowest BCUT2D eigenvalue weighted by Crippen LogP contribution is -2.30. The van der Waals surface area contributed by atoms with Crippen molar-refractivity contribution in [1.82, 2.24) is 10.3 Å². The molecule has 1 aromatic rings. The zero-order valence-corrected chi connectivity index (χ0v) is 15.4. The number of nitrogens with one attached hydrogen (secondary N) is 1. The van der Waals surface area contributed by atoms with Gasteiger partial charge in [-0.2, -0.15) is 0 Å². The van der Waals surface area contributed by atoms with Gasteiger partial charge >= 0.3 is 0 Å². The molecule has 0 amide bonds. The van der Waals surface area contributed by atoms with Crippen LogP contribution < -0.4 is 10.2 Å². The van der Waals surface area contributed by atoms with Gasteiger partial charge in [0.25, 0.3) is 0 Å². The van der Waals surface area contributed by atoms with Crippen LogP contribution in [0.25, 0.3) is 0 Å². The minimum Gasteiger partial charge on any atom is -0.461 e. The molecule has 3 heterocycles.